The summed E-state index contributed by atoms with van der Waals surface area (Å²) < 4.78 is 4.84. The molecule has 1 aromatic carbocycles. The molecule has 0 saturated carbocycles. The van der Waals surface area contributed by atoms with Crippen LogP contribution in [-0.2, 0) is 0 Å². The smallest absolute Gasteiger partial charge is 0.312 e. The summed E-state index contributed by atoms with van der Waals surface area (Å²) in [5.41, 5.74) is 0.0903. The van der Waals surface area contributed by atoms with Gasteiger partial charge in [0.1, 0.15) is 0 Å². The number of hydrogen-bond acceptors (Lipinski definition) is 4. The molecule has 6 heteroatoms. The summed E-state index contributed by atoms with van der Waals surface area (Å²) in [6, 6.07) is 4.40. The number of methoxy groups -OCH3 is 1. The van der Waals surface area contributed by atoms with Gasteiger partial charge in [0.05, 0.1) is 35.1 Å². The molecule has 0 aliphatic heterocycles. The maximum absolute atomic E-state index is 10.8. The van der Waals surface area contributed by atoms with Gasteiger partial charge >= 0.3 is 5.69 Å². The number of nitriles is 1. The number of ether oxygens (including phenoxy) is 1. The first-order valence-electron chi connectivity index (χ1n) is 4.48. The summed E-state index contributed by atoms with van der Waals surface area (Å²) in [7, 11) is 1.32. The van der Waals surface area contributed by atoms with Crippen LogP contribution in [0, 0.1) is 33.3 Å². The van der Waals surface area contributed by atoms with E-state index in [1.807, 2.05) is 6.07 Å². The van der Waals surface area contributed by atoms with Gasteiger partial charge < -0.3 is 4.74 Å². The molecule has 0 fully saturated rings. The lowest BCUT2D eigenvalue weighted by Gasteiger charge is -2.03. The monoisotopic (exact) mass is 250 g/mol. The fourth-order valence-electron chi connectivity index (χ4n) is 1.12. The summed E-state index contributed by atoms with van der Waals surface area (Å²) in [6.45, 7) is 0. The van der Waals surface area contributed by atoms with Gasteiger partial charge in [0, 0.05) is 12.1 Å². The fraction of sp³-hybridized carbons (Fsp3) is 0.182. The highest BCUT2D eigenvalue weighted by molar-refractivity contribution is 6.32. The third kappa shape index (κ3) is 3.10. The van der Waals surface area contributed by atoms with Crippen molar-refractivity contribution in [2.75, 3.05) is 7.11 Å². The van der Waals surface area contributed by atoms with Crippen LogP contribution < -0.4 is 4.74 Å². The van der Waals surface area contributed by atoms with Gasteiger partial charge in [-0.05, 0) is 0 Å². The maximum Gasteiger partial charge on any atom is 0.312 e. The molecule has 1 rings (SSSR count). The normalized spacial score (nSPS) is 8.76. The number of nitrogens with zero attached hydrogens (tertiary/aromatic N) is 2. The Morgan fingerprint density at radius 3 is 2.82 bits per heavy atom. The number of benzene rings is 1. The first-order chi connectivity index (χ1) is 8.10. The van der Waals surface area contributed by atoms with Gasteiger partial charge in [0.25, 0.3) is 0 Å². The summed E-state index contributed by atoms with van der Waals surface area (Å²) >= 11 is 5.88. The van der Waals surface area contributed by atoms with Gasteiger partial charge in [0.2, 0.25) is 0 Å². The molecule has 0 N–H and O–H groups in total. The van der Waals surface area contributed by atoms with Crippen molar-refractivity contribution >= 4 is 17.3 Å². The number of nitro groups is 1. The van der Waals surface area contributed by atoms with Crippen LogP contribution in [0.2, 0.25) is 5.02 Å². The number of hydrogen-bond donors (Lipinski definition) is 0. The molecular formula is C11H7ClN2O3. The van der Waals surface area contributed by atoms with Crippen molar-refractivity contribution in [1.82, 2.24) is 0 Å². The Bertz CT molecular complexity index is 552. The molecular weight excluding hydrogens is 244 g/mol. The Morgan fingerprint density at radius 1 is 1.59 bits per heavy atom. The van der Waals surface area contributed by atoms with E-state index in [9.17, 15) is 10.1 Å². The van der Waals surface area contributed by atoms with Crippen LogP contribution in [0.5, 0.6) is 5.75 Å². The van der Waals surface area contributed by atoms with E-state index in [1.54, 1.807) is 0 Å². The highest BCUT2D eigenvalue weighted by atomic mass is 35.5. The minimum Gasteiger partial charge on any atom is -0.490 e. The first-order valence-corrected chi connectivity index (χ1v) is 4.85. The van der Waals surface area contributed by atoms with Crippen molar-refractivity contribution in [1.29, 1.82) is 5.26 Å². The Labute approximate surface area is 103 Å². The lowest BCUT2D eigenvalue weighted by atomic mass is 10.2. The summed E-state index contributed by atoms with van der Waals surface area (Å²) in [5.74, 6) is 5.21. The van der Waals surface area contributed by atoms with Gasteiger partial charge in [0.15, 0.2) is 5.75 Å². The van der Waals surface area contributed by atoms with Gasteiger partial charge in [-0.25, -0.2) is 0 Å². The SMILES string of the molecule is COc1cc(Cl)c(C#CCC#N)cc1[N+](=O)[O-]. The molecule has 0 spiro atoms. The first kappa shape index (κ1) is 12.8. The van der Waals surface area contributed by atoms with Gasteiger partial charge in [-0.1, -0.05) is 23.4 Å². The van der Waals surface area contributed by atoms with Crippen molar-refractivity contribution in [3.8, 4) is 23.7 Å². The molecule has 0 saturated heterocycles. The van der Waals surface area contributed by atoms with Crippen LogP contribution in [0.1, 0.15) is 12.0 Å². The van der Waals surface area contributed by atoms with E-state index >= 15 is 0 Å². The average Bonchev–Trinajstić information content (AvgIpc) is 2.30. The second-order valence-corrected chi connectivity index (χ2v) is 3.30. The van der Waals surface area contributed by atoms with Crippen LogP contribution in [-0.4, -0.2) is 12.0 Å². The van der Waals surface area contributed by atoms with Gasteiger partial charge in [-0.3, -0.25) is 10.1 Å². The zero-order chi connectivity index (χ0) is 12.8. The molecule has 17 heavy (non-hydrogen) atoms. The zero-order valence-corrected chi connectivity index (χ0v) is 9.61. The molecule has 0 aliphatic rings. The van der Waals surface area contributed by atoms with Gasteiger partial charge in [-0.2, -0.15) is 5.26 Å². The van der Waals surface area contributed by atoms with Crippen LogP contribution in [0.3, 0.4) is 0 Å². The van der Waals surface area contributed by atoms with Crippen LogP contribution >= 0.6 is 11.6 Å². The number of nitro benzene ring substituents is 1. The highest BCUT2D eigenvalue weighted by Gasteiger charge is 2.17. The molecule has 5 nitrogen and oxygen atoms in total. The van der Waals surface area contributed by atoms with Gasteiger partial charge in [-0.15, -0.1) is 0 Å². The quantitative estimate of drug-likeness (QED) is 0.459. The van der Waals surface area contributed by atoms with E-state index in [2.05, 4.69) is 11.8 Å². The largest absolute Gasteiger partial charge is 0.490 e. The van der Waals surface area contributed by atoms with E-state index in [-0.39, 0.29) is 22.9 Å². The van der Waals surface area contributed by atoms with Crippen LogP contribution in [0.15, 0.2) is 12.1 Å². The third-order valence-corrected chi connectivity index (χ3v) is 2.17. The molecule has 86 valence electrons. The molecule has 0 atom stereocenters. The lowest BCUT2D eigenvalue weighted by molar-refractivity contribution is -0.385. The number of rotatable bonds is 2. The Morgan fingerprint density at radius 2 is 2.29 bits per heavy atom. The van der Waals surface area contributed by atoms with E-state index in [1.165, 1.54) is 19.2 Å². The molecule has 0 unspecified atom stereocenters. The minimum absolute atomic E-state index is 0.0379. The average molecular weight is 251 g/mol. The third-order valence-electron chi connectivity index (χ3n) is 1.86. The van der Waals surface area contributed by atoms with E-state index < -0.39 is 4.92 Å². The highest BCUT2D eigenvalue weighted by Crippen LogP contribution is 2.32. The molecule has 0 bridgehead atoms. The lowest BCUT2D eigenvalue weighted by Crippen LogP contribution is -1.95. The van der Waals surface area contributed by atoms with E-state index in [0.717, 1.165) is 0 Å². The standard InChI is InChI=1S/C11H7ClN2O3/c1-17-11-7-9(12)8(4-2-3-5-13)6-10(11)14(15)16/h6-7H,3H2,1H3. The van der Waals surface area contributed by atoms with E-state index in [4.69, 9.17) is 21.6 Å². The number of halogens is 1. The maximum atomic E-state index is 10.8. The Kier molecular flexibility index (Phi) is 4.33. The predicted molar refractivity (Wildman–Crippen MR) is 61.8 cm³/mol. The fourth-order valence-corrected chi connectivity index (χ4v) is 1.33. The molecule has 0 heterocycles. The molecule has 0 aromatic heterocycles. The van der Waals surface area contributed by atoms with Crippen molar-refractivity contribution in [3.63, 3.8) is 0 Å². The van der Waals surface area contributed by atoms with Crippen LogP contribution in [0.25, 0.3) is 0 Å². The minimum atomic E-state index is -0.579. The second-order valence-electron chi connectivity index (χ2n) is 2.90. The summed E-state index contributed by atoms with van der Waals surface area (Å²) in [5, 5.41) is 19.3. The predicted octanol–water partition coefficient (Wildman–Crippen LogP) is 2.52. The Balaban J connectivity index is 3.27. The molecule has 0 aliphatic carbocycles. The molecule has 0 amide bonds. The second kappa shape index (κ2) is 5.74. The summed E-state index contributed by atoms with van der Waals surface area (Å²) in [6.07, 6.45) is 0.0379. The Hall–Kier alpha value is -2.24. The molecule has 0 radical (unpaired) electrons. The van der Waals surface area contributed by atoms with Crippen molar-refractivity contribution in [3.05, 3.63) is 32.8 Å². The molecule has 1 aromatic rings. The zero-order valence-electron chi connectivity index (χ0n) is 8.86. The topological polar surface area (TPSA) is 76.2 Å². The van der Waals surface area contributed by atoms with Crippen molar-refractivity contribution in [2.24, 2.45) is 0 Å². The van der Waals surface area contributed by atoms with Crippen molar-refractivity contribution in [2.45, 2.75) is 6.42 Å². The summed E-state index contributed by atoms with van der Waals surface area (Å²) in [4.78, 5) is 10.2. The van der Waals surface area contributed by atoms with E-state index in [0.29, 0.717) is 5.56 Å². The van der Waals surface area contributed by atoms with Crippen LogP contribution in [0.4, 0.5) is 5.69 Å². The van der Waals surface area contributed by atoms with Crippen molar-refractivity contribution < 1.29 is 9.66 Å².